The largest absolute Gasteiger partial charge is 0.493 e. The molecule has 1 unspecified atom stereocenters. The fourth-order valence-corrected chi connectivity index (χ4v) is 3.36. The zero-order chi connectivity index (χ0) is 20.8. The number of para-hydroxylation sites is 3. The van der Waals surface area contributed by atoms with E-state index in [4.69, 9.17) is 9.47 Å². The van der Waals surface area contributed by atoms with Gasteiger partial charge in [-0.1, -0.05) is 31.2 Å². The maximum Gasteiger partial charge on any atom is 0.265 e. The number of hydrogen-bond acceptors (Lipinski definition) is 4. The molecule has 6 heteroatoms. The van der Waals surface area contributed by atoms with Crippen LogP contribution in [0, 0.1) is 5.92 Å². The molecule has 0 aliphatic carbocycles. The first-order valence-corrected chi connectivity index (χ1v) is 9.98. The van der Waals surface area contributed by atoms with Crippen molar-refractivity contribution < 1.29 is 19.1 Å². The molecule has 0 bridgehead atoms. The Balaban J connectivity index is 1.70. The Kier molecular flexibility index (Phi) is 6.75. The third-order valence-electron chi connectivity index (χ3n) is 5.23. The highest BCUT2D eigenvalue weighted by Crippen LogP contribution is 2.27. The topological polar surface area (TPSA) is 67.9 Å². The molecule has 0 saturated carbocycles. The second kappa shape index (κ2) is 9.45. The molecule has 1 atom stereocenters. The number of methoxy groups -OCH3 is 1. The maximum absolute atomic E-state index is 13.0. The highest BCUT2D eigenvalue weighted by Gasteiger charge is 2.24. The Hall–Kier alpha value is -3.02. The first-order chi connectivity index (χ1) is 14.0. The molecule has 29 heavy (non-hydrogen) atoms. The van der Waals surface area contributed by atoms with Crippen LogP contribution in [0.25, 0.3) is 0 Å². The molecule has 2 amide bonds. The molecule has 6 nitrogen and oxygen atoms in total. The number of ether oxygens (including phenoxy) is 2. The van der Waals surface area contributed by atoms with Crippen LogP contribution in [-0.4, -0.2) is 43.0 Å². The standard InChI is InChI=1S/C23H28N2O4/c1-16-12-14-25(15-13-16)23(27)18-8-4-5-9-19(18)24-22(26)17(2)29-21-11-7-6-10-20(21)28-3/h4-11,16-17H,12-15H2,1-3H3,(H,24,26). The van der Waals surface area contributed by atoms with Gasteiger partial charge >= 0.3 is 0 Å². The third-order valence-corrected chi connectivity index (χ3v) is 5.23. The minimum atomic E-state index is -0.759. The van der Waals surface area contributed by atoms with Crippen LogP contribution in [0.5, 0.6) is 11.5 Å². The van der Waals surface area contributed by atoms with Crippen molar-refractivity contribution in [3.05, 3.63) is 54.1 Å². The number of carbonyl (C=O) groups is 2. The Morgan fingerprint density at radius 2 is 1.66 bits per heavy atom. The molecule has 1 saturated heterocycles. The third kappa shape index (κ3) is 5.08. The molecular weight excluding hydrogens is 368 g/mol. The van der Waals surface area contributed by atoms with Gasteiger partial charge in [-0.2, -0.15) is 0 Å². The molecule has 154 valence electrons. The number of piperidine rings is 1. The van der Waals surface area contributed by atoms with E-state index in [1.807, 2.05) is 23.1 Å². The van der Waals surface area contributed by atoms with E-state index in [9.17, 15) is 9.59 Å². The van der Waals surface area contributed by atoms with Gasteiger partial charge in [-0.05, 0) is 49.9 Å². The number of benzene rings is 2. The van der Waals surface area contributed by atoms with Gasteiger partial charge < -0.3 is 19.7 Å². The van der Waals surface area contributed by atoms with Crippen molar-refractivity contribution in [3.63, 3.8) is 0 Å². The molecule has 0 radical (unpaired) electrons. The quantitative estimate of drug-likeness (QED) is 0.802. The number of carbonyl (C=O) groups excluding carboxylic acids is 2. The summed E-state index contributed by atoms with van der Waals surface area (Å²) in [4.78, 5) is 27.5. The summed E-state index contributed by atoms with van der Waals surface area (Å²) >= 11 is 0. The number of amides is 2. The lowest BCUT2D eigenvalue weighted by Crippen LogP contribution is -2.38. The van der Waals surface area contributed by atoms with Crippen molar-refractivity contribution in [2.24, 2.45) is 5.92 Å². The zero-order valence-electron chi connectivity index (χ0n) is 17.2. The Bertz CT molecular complexity index is 859. The fraction of sp³-hybridized carbons (Fsp3) is 0.391. The summed E-state index contributed by atoms with van der Waals surface area (Å²) in [5, 5.41) is 2.84. The number of likely N-dealkylation sites (tertiary alicyclic amines) is 1. The molecule has 2 aromatic rings. The predicted molar refractivity (Wildman–Crippen MR) is 112 cm³/mol. The van der Waals surface area contributed by atoms with E-state index in [-0.39, 0.29) is 11.8 Å². The normalized spacial score (nSPS) is 15.5. The molecule has 3 rings (SSSR count). The molecule has 2 aromatic carbocycles. The monoisotopic (exact) mass is 396 g/mol. The summed E-state index contributed by atoms with van der Waals surface area (Å²) in [5.74, 6) is 1.31. The van der Waals surface area contributed by atoms with Gasteiger partial charge in [0.2, 0.25) is 0 Å². The lowest BCUT2D eigenvalue weighted by Gasteiger charge is -2.31. The van der Waals surface area contributed by atoms with Crippen molar-refractivity contribution in [2.45, 2.75) is 32.8 Å². The highest BCUT2D eigenvalue weighted by molar-refractivity contribution is 6.04. The van der Waals surface area contributed by atoms with Crippen LogP contribution in [0.2, 0.25) is 0 Å². The molecule has 1 fully saturated rings. The summed E-state index contributed by atoms with van der Waals surface area (Å²) in [6.45, 7) is 5.36. The van der Waals surface area contributed by atoms with Crippen LogP contribution < -0.4 is 14.8 Å². The van der Waals surface area contributed by atoms with E-state index in [1.165, 1.54) is 0 Å². The van der Waals surface area contributed by atoms with Crippen molar-refractivity contribution in [1.29, 1.82) is 0 Å². The van der Waals surface area contributed by atoms with E-state index in [1.54, 1.807) is 44.4 Å². The molecule has 1 N–H and O–H groups in total. The molecule has 1 aliphatic rings. The average molecular weight is 396 g/mol. The summed E-state index contributed by atoms with van der Waals surface area (Å²) in [6, 6.07) is 14.3. The van der Waals surface area contributed by atoms with Gasteiger partial charge in [0.15, 0.2) is 17.6 Å². The number of nitrogens with one attached hydrogen (secondary N) is 1. The van der Waals surface area contributed by atoms with Crippen LogP contribution in [0.1, 0.15) is 37.0 Å². The molecule has 1 aliphatic heterocycles. The van der Waals surface area contributed by atoms with Gasteiger partial charge in [0.1, 0.15) is 0 Å². The fourth-order valence-electron chi connectivity index (χ4n) is 3.36. The Morgan fingerprint density at radius 3 is 2.34 bits per heavy atom. The number of anilines is 1. The smallest absolute Gasteiger partial charge is 0.265 e. The average Bonchev–Trinajstić information content (AvgIpc) is 2.74. The SMILES string of the molecule is COc1ccccc1OC(C)C(=O)Nc1ccccc1C(=O)N1CCC(C)CC1. The van der Waals surface area contributed by atoms with Crippen molar-refractivity contribution in [3.8, 4) is 11.5 Å². The van der Waals surface area contributed by atoms with Gasteiger partial charge in [-0.15, -0.1) is 0 Å². The van der Waals surface area contributed by atoms with Crippen molar-refractivity contribution >= 4 is 17.5 Å². The Morgan fingerprint density at radius 1 is 1.03 bits per heavy atom. The highest BCUT2D eigenvalue weighted by atomic mass is 16.5. The summed E-state index contributed by atoms with van der Waals surface area (Å²) in [6.07, 6.45) is 1.25. The van der Waals surface area contributed by atoms with E-state index in [0.29, 0.717) is 28.7 Å². The zero-order valence-corrected chi connectivity index (χ0v) is 17.2. The van der Waals surface area contributed by atoms with E-state index < -0.39 is 6.10 Å². The second-order valence-corrected chi connectivity index (χ2v) is 7.42. The summed E-state index contributed by atoms with van der Waals surface area (Å²) in [5.41, 5.74) is 0.997. The Labute approximate surface area is 171 Å². The van der Waals surface area contributed by atoms with E-state index >= 15 is 0 Å². The molecule has 0 spiro atoms. The maximum atomic E-state index is 13.0. The first kappa shape index (κ1) is 20.7. The lowest BCUT2D eigenvalue weighted by atomic mass is 9.98. The number of rotatable bonds is 6. The van der Waals surface area contributed by atoms with E-state index in [2.05, 4.69) is 12.2 Å². The first-order valence-electron chi connectivity index (χ1n) is 9.98. The van der Waals surface area contributed by atoms with Gasteiger partial charge in [-0.3, -0.25) is 9.59 Å². The minimum absolute atomic E-state index is 0.0499. The van der Waals surface area contributed by atoms with Gasteiger partial charge in [0.05, 0.1) is 18.4 Å². The van der Waals surface area contributed by atoms with Gasteiger partial charge in [0.25, 0.3) is 11.8 Å². The summed E-state index contributed by atoms with van der Waals surface area (Å²) < 4.78 is 11.0. The second-order valence-electron chi connectivity index (χ2n) is 7.42. The van der Waals surface area contributed by atoms with E-state index in [0.717, 1.165) is 25.9 Å². The van der Waals surface area contributed by atoms with Crippen molar-refractivity contribution in [1.82, 2.24) is 4.90 Å². The van der Waals surface area contributed by atoms with Crippen molar-refractivity contribution in [2.75, 3.05) is 25.5 Å². The number of nitrogens with zero attached hydrogens (tertiary/aromatic N) is 1. The van der Waals surface area contributed by atoms with Crippen LogP contribution in [0.15, 0.2) is 48.5 Å². The molecule has 0 aromatic heterocycles. The van der Waals surface area contributed by atoms with Crippen LogP contribution in [0.3, 0.4) is 0 Å². The molecular formula is C23H28N2O4. The van der Waals surface area contributed by atoms with Crippen LogP contribution in [-0.2, 0) is 4.79 Å². The number of hydrogen-bond donors (Lipinski definition) is 1. The molecule has 1 heterocycles. The van der Waals surface area contributed by atoms with Crippen LogP contribution in [0.4, 0.5) is 5.69 Å². The predicted octanol–water partition coefficient (Wildman–Crippen LogP) is 3.97. The van der Waals surface area contributed by atoms with Crippen LogP contribution >= 0.6 is 0 Å². The minimum Gasteiger partial charge on any atom is -0.493 e. The van der Waals surface area contributed by atoms with Gasteiger partial charge in [-0.25, -0.2) is 0 Å². The summed E-state index contributed by atoms with van der Waals surface area (Å²) in [7, 11) is 1.55. The van der Waals surface area contributed by atoms with Gasteiger partial charge in [0, 0.05) is 13.1 Å². The lowest BCUT2D eigenvalue weighted by molar-refractivity contribution is -0.122.